The van der Waals surface area contributed by atoms with Gasteiger partial charge in [0.2, 0.25) is 0 Å². The molecule has 0 aliphatic carbocycles. The molecule has 2 heterocycles. The Bertz CT molecular complexity index is 135. The average molecular weight is 405 g/mol. The predicted molar refractivity (Wildman–Crippen MR) is 54.6 cm³/mol. The van der Waals surface area contributed by atoms with Crippen molar-refractivity contribution < 1.29 is 39.6 Å². The zero-order valence-corrected chi connectivity index (χ0v) is 12.8. The number of likely N-dealkylation sites (tertiary alicyclic amines) is 2. The smallest absolute Gasteiger partial charge is 0.458 e. The molecule has 0 aromatic carbocycles. The van der Waals surface area contributed by atoms with Crippen LogP contribution in [0.5, 0.6) is 0 Å². The van der Waals surface area contributed by atoms with Crippen LogP contribution in [0.25, 0.3) is 0 Å². The number of hydrogen-bond donors (Lipinski definition) is 0. The maximum absolute atomic E-state index is 3.92. The van der Waals surface area contributed by atoms with Crippen LogP contribution in [0.4, 0.5) is 0 Å². The number of nitrogens with zero attached hydrogens (tertiary/aromatic N) is 2. The van der Waals surface area contributed by atoms with Gasteiger partial charge in [0, 0.05) is 31.1 Å². The molecule has 2 aliphatic heterocycles. The molecular weight excluding hydrogens is 383 g/mol. The Labute approximate surface area is 116 Å². The molecule has 0 spiro atoms. The maximum Gasteiger partial charge on any atom is 2.00 e. The van der Waals surface area contributed by atoms with Gasteiger partial charge in [-0.05, 0) is 26.1 Å². The van der Waals surface area contributed by atoms with Gasteiger partial charge in [0.25, 0.3) is 0 Å². The van der Waals surface area contributed by atoms with Gasteiger partial charge >= 0.3 is 21.1 Å². The fraction of sp³-hybridized carbons (Fsp3) is 0.800. The summed E-state index contributed by atoms with van der Waals surface area (Å²) >= 11 is 0. The molecule has 2 fully saturated rings. The minimum atomic E-state index is 0. The zero-order chi connectivity index (χ0) is 8.43. The standard InChI is InChI=1S/C7H13N2.C2H5.CH4.V.W/c1-8-3-6-4-9(2)7(6)5-8;1-2;;;/h6-7H,1,3-5H2,2H3;1H2,2H3;1H4;;/q2*-1;;;+2. The van der Waals surface area contributed by atoms with Crippen LogP contribution in [0.3, 0.4) is 0 Å². The van der Waals surface area contributed by atoms with E-state index in [1.54, 1.807) is 6.92 Å². The van der Waals surface area contributed by atoms with Gasteiger partial charge in [-0.25, -0.2) is 0 Å². The van der Waals surface area contributed by atoms with Crippen molar-refractivity contribution in [2.24, 2.45) is 5.92 Å². The van der Waals surface area contributed by atoms with E-state index in [1.807, 2.05) is 0 Å². The van der Waals surface area contributed by atoms with Crippen molar-refractivity contribution in [1.82, 2.24) is 9.80 Å². The third-order valence-corrected chi connectivity index (χ3v) is 2.57. The Morgan fingerprint density at radius 2 is 1.64 bits per heavy atom. The van der Waals surface area contributed by atoms with Crippen molar-refractivity contribution in [3.05, 3.63) is 14.0 Å². The van der Waals surface area contributed by atoms with Crippen molar-refractivity contribution in [1.29, 1.82) is 0 Å². The van der Waals surface area contributed by atoms with Crippen LogP contribution >= 0.6 is 0 Å². The van der Waals surface area contributed by atoms with Gasteiger partial charge in [-0.15, -0.1) is 0 Å². The van der Waals surface area contributed by atoms with Crippen molar-refractivity contribution in [3.63, 3.8) is 0 Å². The molecule has 2 rings (SSSR count). The zero-order valence-electron chi connectivity index (χ0n) is 8.44. The van der Waals surface area contributed by atoms with E-state index < -0.39 is 0 Å². The van der Waals surface area contributed by atoms with Gasteiger partial charge in [0.05, 0.1) is 0 Å². The molecule has 1 radical (unpaired) electrons. The van der Waals surface area contributed by atoms with Crippen LogP contribution in [-0.4, -0.2) is 42.5 Å². The summed E-state index contributed by atoms with van der Waals surface area (Å²) in [5.41, 5.74) is 0. The van der Waals surface area contributed by atoms with E-state index in [1.165, 1.54) is 19.6 Å². The van der Waals surface area contributed by atoms with E-state index in [0.717, 1.165) is 12.0 Å². The van der Waals surface area contributed by atoms with E-state index in [4.69, 9.17) is 0 Å². The molecule has 2 atom stereocenters. The average Bonchev–Trinajstić information content (AvgIpc) is 2.31. The Kier molecular flexibility index (Phi) is 13.9. The first-order valence-corrected chi connectivity index (χ1v) is 4.24. The van der Waals surface area contributed by atoms with Gasteiger partial charge in [0.15, 0.2) is 0 Å². The third-order valence-electron chi connectivity index (χ3n) is 2.57. The number of likely N-dealkylation sites (N-methyl/N-ethyl adjacent to an activating group) is 1. The van der Waals surface area contributed by atoms with E-state index in [-0.39, 0.29) is 47.0 Å². The molecule has 0 aromatic rings. The van der Waals surface area contributed by atoms with Crippen LogP contribution in [0.15, 0.2) is 0 Å². The molecule has 2 saturated heterocycles. The molecule has 83 valence electrons. The second kappa shape index (κ2) is 9.42. The molecule has 2 unspecified atom stereocenters. The first kappa shape index (κ1) is 20.6. The summed E-state index contributed by atoms with van der Waals surface area (Å²) in [6, 6.07) is 0.836. The SMILES string of the molecule is C.[CH2-]C.[CH2-]N1CC2CN(C)C2C1.[V].[W+2]. The minimum absolute atomic E-state index is 0. The van der Waals surface area contributed by atoms with Crippen LogP contribution in [0.2, 0.25) is 0 Å². The van der Waals surface area contributed by atoms with Crippen LogP contribution in [-0.2, 0) is 39.6 Å². The molecular formula is C10H22N2VW. The molecule has 0 saturated carbocycles. The van der Waals surface area contributed by atoms with Gasteiger partial charge < -0.3 is 16.7 Å². The molecule has 14 heavy (non-hydrogen) atoms. The topological polar surface area (TPSA) is 6.48 Å². The second-order valence-corrected chi connectivity index (χ2v) is 3.30. The van der Waals surface area contributed by atoms with Crippen molar-refractivity contribution in [2.45, 2.75) is 20.4 Å². The summed E-state index contributed by atoms with van der Waals surface area (Å²) in [6.45, 7) is 8.69. The first-order valence-electron chi connectivity index (χ1n) is 4.24. The fourth-order valence-corrected chi connectivity index (χ4v) is 1.99. The molecule has 4 heteroatoms. The normalized spacial score (nSPS) is 29.1. The van der Waals surface area contributed by atoms with Crippen molar-refractivity contribution in [3.8, 4) is 0 Å². The Morgan fingerprint density at radius 3 is 1.93 bits per heavy atom. The van der Waals surface area contributed by atoms with Crippen LogP contribution in [0.1, 0.15) is 14.4 Å². The summed E-state index contributed by atoms with van der Waals surface area (Å²) in [6.07, 6.45) is 0. The molecule has 0 amide bonds. The van der Waals surface area contributed by atoms with Crippen molar-refractivity contribution in [2.75, 3.05) is 26.7 Å². The monoisotopic (exact) mass is 405 g/mol. The Hall–Kier alpha value is 1.19. The first-order chi connectivity index (χ1) is 5.27. The predicted octanol–water partition coefficient (Wildman–Crippen LogP) is 1.50. The van der Waals surface area contributed by atoms with Gasteiger partial charge in [-0.3, -0.25) is 7.05 Å². The molecule has 0 bridgehead atoms. The number of hydrogen-bond acceptors (Lipinski definition) is 2. The summed E-state index contributed by atoms with van der Waals surface area (Å²) in [5.74, 6) is 0.937. The molecule has 2 nitrogen and oxygen atoms in total. The largest absolute Gasteiger partial charge is 2.00 e. The van der Waals surface area contributed by atoms with Crippen LogP contribution in [0, 0.1) is 19.9 Å². The summed E-state index contributed by atoms with van der Waals surface area (Å²) in [4.78, 5) is 4.59. The second-order valence-electron chi connectivity index (χ2n) is 3.30. The van der Waals surface area contributed by atoms with Gasteiger partial charge in [0.1, 0.15) is 0 Å². The minimum Gasteiger partial charge on any atom is -0.458 e. The van der Waals surface area contributed by atoms with E-state index >= 15 is 0 Å². The molecule has 0 N–H and O–H groups in total. The summed E-state index contributed by atoms with van der Waals surface area (Å²) in [7, 11) is 6.11. The van der Waals surface area contributed by atoms with Gasteiger partial charge in [-0.2, -0.15) is 6.92 Å². The third kappa shape index (κ3) is 4.37. The summed E-state index contributed by atoms with van der Waals surface area (Å²) < 4.78 is 0. The van der Waals surface area contributed by atoms with E-state index in [0.29, 0.717) is 0 Å². The number of rotatable bonds is 0. The fourth-order valence-electron chi connectivity index (χ4n) is 1.99. The Balaban J connectivity index is -0.000000229. The summed E-state index contributed by atoms with van der Waals surface area (Å²) in [5, 5.41) is 0. The van der Waals surface area contributed by atoms with Gasteiger partial charge in [-0.1, -0.05) is 7.43 Å². The quantitative estimate of drug-likeness (QED) is 0.564. The number of fused-ring (bicyclic) bond motifs is 1. The van der Waals surface area contributed by atoms with E-state index in [9.17, 15) is 0 Å². The maximum atomic E-state index is 3.92. The van der Waals surface area contributed by atoms with Crippen LogP contribution < -0.4 is 0 Å². The van der Waals surface area contributed by atoms with Crippen molar-refractivity contribution >= 4 is 0 Å². The molecule has 2 aliphatic rings. The van der Waals surface area contributed by atoms with E-state index in [2.05, 4.69) is 30.8 Å². The Morgan fingerprint density at radius 1 is 1.14 bits per heavy atom. The molecule has 0 aromatic heterocycles.